The van der Waals surface area contributed by atoms with Crippen LogP contribution in [0.25, 0.3) is 0 Å². The van der Waals surface area contributed by atoms with Crippen molar-refractivity contribution in [3.63, 3.8) is 0 Å². The Labute approximate surface area is 111 Å². The van der Waals surface area contributed by atoms with Gasteiger partial charge in [0.2, 0.25) is 0 Å². The van der Waals surface area contributed by atoms with Gasteiger partial charge in [0.05, 0.1) is 11.0 Å². The average molecular weight is 264 g/mol. The number of benzene rings is 1. The molecule has 0 saturated carbocycles. The molecule has 0 amide bonds. The van der Waals surface area contributed by atoms with Crippen LogP contribution < -0.4 is 4.90 Å². The molecule has 0 aromatic heterocycles. The van der Waals surface area contributed by atoms with Gasteiger partial charge in [0.1, 0.15) is 6.61 Å². The Kier molecular flexibility index (Phi) is 3.99. The molecule has 0 aliphatic carbocycles. The molecule has 6 heteroatoms. The molecule has 102 valence electrons. The molecule has 1 aromatic rings. The molecule has 1 fully saturated rings. The van der Waals surface area contributed by atoms with E-state index in [9.17, 15) is 14.9 Å². The molecule has 2 unspecified atom stereocenters. The van der Waals surface area contributed by atoms with E-state index in [1.165, 1.54) is 12.1 Å². The van der Waals surface area contributed by atoms with Gasteiger partial charge in [-0.05, 0) is 24.5 Å². The molecular weight excluding hydrogens is 248 g/mol. The van der Waals surface area contributed by atoms with E-state index in [0.29, 0.717) is 19.0 Å². The molecule has 1 heterocycles. The summed E-state index contributed by atoms with van der Waals surface area (Å²) in [5, 5.41) is 10.6. The molecule has 1 aliphatic heterocycles. The van der Waals surface area contributed by atoms with E-state index in [2.05, 4.69) is 11.8 Å². The van der Waals surface area contributed by atoms with Crippen molar-refractivity contribution in [1.29, 1.82) is 0 Å². The molecular formula is C13H16N2O4. The van der Waals surface area contributed by atoms with Crippen LogP contribution in [-0.4, -0.2) is 30.6 Å². The largest absolute Gasteiger partial charge is 0.466 e. The lowest BCUT2D eigenvalue weighted by Crippen LogP contribution is -2.36. The van der Waals surface area contributed by atoms with Gasteiger partial charge in [-0.3, -0.25) is 14.9 Å². The van der Waals surface area contributed by atoms with Crippen LogP contribution >= 0.6 is 0 Å². The van der Waals surface area contributed by atoms with Gasteiger partial charge in [0.15, 0.2) is 0 Å². The van der Waals surface area contributed by atoms with Gasteiger partial charge in [-0.2, -0.15) is 0 Å². The minimum absolute atomic E-state index is 0.0803. The number of carbonyl (C=O) groups excluding carboxylic acids is 1. The summed E-state index contributed by atoms with van der Waals surface area (Å²) in [4.78, 5) is 22.7. The lowest BCUT2D eigenvalue weighted by Gasteiger charge is -2.27. The van der Waals surface area contributed by atoms with Crippen molar-refractivity contribution in [3.05, 3.63) is 34.4 Å². The van der Waals surface area contributed by atoms with E-state index < -0.39 is 4.92 Å². The normalized spacial score (nSPS) is 22.3. The van der Waals surface area contributed by atoms with Crippen LogP contribution in [0.3, 0.4) is 0 Å². The zero-order valence-corrected chi connectivity index (χ0v) is 10.7. The summed E-state index contributed by atoms with van der Waals surface area (Å²) in [6, 6.07) is 6.60. The first-order valence-corrected chi connectivity index (χ1v) is 6.20. The summed E-state index contributed by atoms with van der Waals surface area (Å²) in [6.07, 6.45) is 1.02. The number of nitro groups is 1. The maximum atomic E-state index is 10.6. The highest BCUT2D eigenvalue weighted by molar-refractivity contribution is 5.52. The highest BCUT2D eigenvalue weighted by atomic mass is 16.6. The fourth-order valence-electron chi connectivity index (χ4n) is 2.49. The topological polar surface area (TPSA) is 72.7 Å². The molecule has 1 aromatic carbocycles. The standard InChI is InChI=1S/C13H16N2O4/c1-10-6-7-14(13(10)8-19-9-16)11-2-4-12(5-3-11)15(17)18/h2-5,9-10,13H,6-8H2,1H3. The number of hydrogen-bond donors (Lipinski definition) is 0. The third kappa shape index (κ3) is 2.83. The first-order chi connectivity index (χ1) is 9.13. The SMILES string of the molecule is CC1CCN(c2ccc([N+](=O)[O-])cc2)C1COC=O. The Bertz CT molecular complexity index is 460. The molecule has 19 heavy (non-hydrogen) atoms. The smallest absolute Gasteiger partial charge is 0.293 e. The molecule has 0 N–H and O–H groups in total. The third-order valence-corrected chi connectivity index (χ3v) is 3.61. The lowest BCUT2D eigenvalue weighted by molar-refractivity contribution is -0.384. The van der Waals surface area contributed by atoms with Crippen molar-refractivity contribution in [2.24, 2.45) is 5.92 Å². The number of rotatable bonds is 5. The number of nitro benzene ring substituents is 1. The molecule has 2 atom stereocenters. The number of non-ortho nitro benzene ring substituents is 1. The summed E-state index contributed by atoms with van der Waals surface area (Å²) in [6.45, 7) is 3.79. The molecule has 0 radical (unpaired) electrons. The maximum Gasteiger partial charge on any atom is 0.293 e. The van der Waals surface area contributed by atoms with Gasteiger partial charge in [-0.25, -0.2) is 0 Å². The zero-order valence-electron chi connectivity index (χ0n) is 10.7. The Morgan fingerprint density at radius 2 is 2.16 bits per heavy atom. The summed E-state index contributed by atoms with van der Waals surface area (Å²) >= 11 is 0. The van der Waals surface area contributed by atoms with Crippen LogP contribution in [0.5, 0.6) is 0 Å². The first-order valence-electron chi connectivity index (χ1n) is 6.20. The van der Waals surface area contributed by atoms with E-state index in [4.69, 9.17) is 4.74 Å². The molecule has 1 saturated heterocycles. The molecule has 0 bridgehead atoms. The van der Waals surface area contributed by atoms with E-state index in [0.717, 1.165) is 18.7 Å². The highest BCUT2D eigenvalue weighted by Gasteiger charge is 2.31. The van der Waals surface area contributed by atoms with Crippen molar-refractivity contribution < 1.29 is 14.5 Å². The molecule has 1 aliphatic rings. The second-order valence-corrected chi connectivity index (χ2v) is 4.73. The Morgan fingerprint density at radius 1 is 1.47 bits per heavy atom. The number of carbonyl (C=O) groups is 1. The van der Waals surface area contributed by atoms with Gasteiger partial charge in [0.25, 0.3) is 12.2 Å². The zero-order chi connectivity index (χ0) is 13.8. The second kappa shape index (κ2) is 5.69. The summed E-state index contributed by atoms with van der Waals surface area (Å²) in [5.41, 5.74) is 1.01. The average Bonchev–Trinajstić information content (AvgIpc) is 2.78. The lowest BCUT2D eigenvalue weighted by atomic mass is 10.0. The second-order valence-electron chi connectivity index (χ2n) is 4.73. The molecule has 0 spiro atoms. The van der Waals surface area contributed by atoms with Crippen molar-refractivity contribution in [1.82, 2.24) is 0 Å². The van der Waals surface area contributed by atoms with Crippen molar-refractivity contribution >= 4 is 17.8 Å². The number of ether oxygens (including phenoxy) is 1. The maximum absolute atomic E-state index is 10.6. The quantitative estimate of drug-likeness (QED) is 0.462. The molecule has 2 rings (SSSR count). The number of nitrogens with zero attached hydrogens (tertiary/aromatic N) is 2. The van der Waals surface area contributed by atoms with Crippen LogP contribution in [-0.2, 0) is 9.53 Å². The van der Waals surface area contributed by atoms with Gasteiger partial charge < -0.3 is 9.64 Å². The van der Waals surface area contributed by atoms with E-state index >= 15 is 0 Å². The predicted octanol–water partition coefficient (Wildman–Crippen LogP) is 1.98. The third-order valence-electron chi connectivity index (χ3n) is 3.61. The van der Waals surface area contributed by atoms with Gasteiger partial charge in [0, 0.05) is 24.4 Å². The van der Waals surface area contributed by atoms with Crippen molar-refractivity contribution in [2.75, 3.05) is 18.1 Å². The fourth-order valence-corrected chi connectivity index (χ4v) is 2.49. The minimum atomic E-state index is -0.413. The van der Waals surface area contributed by atoms with Crippen LogP contribution in [0, 0.1) is 16.0 Å². The van der Waals surface area contributed by atoms with E-state index in [1.54, 1.807) is 12.1 Å². The van der Waals surface area contributed by atoms with Gasteiger partial charge >= 0.3 is 0 Å². The number of anilines is 1. The van der Waals surface area contributed by atoms with Crippen LogP contribution in [0.15, 0.2) is 24.3 Å². The van der Waals surface area contributed by atoms with Crippen LogP contribution in [0.1, 0.15) is 13.3 Å². The van der Waals surface area contributed by atoms with Crippen LogP contribution in [0.2, 0.25) is 0 Å². The summed E-state index contributed by atoms with van der Waals surface area (Å²) < 4.78 is 4.87. The monoisotopic (exact) mass is 264 g/mol. The first kappa shape index (κ1) is 13.3. The predicted molar refractivity (Wildman–Crippen MR) is 70.0 cm³/mol. The fraction of sp³-hybridized carbons (Fsp3) is 0.462. The minimum Gasteiger partial charge on any atom is -0.466 e. The van der Waals surface area contributed by atoms with E-state index in [-0.39, 0.29) is 11.7 Å². The van der Waals surface area contributed by atoms with Crippen LogP contribution in [0.4, 0.5) is 11.4 Å². The summed E-state index contributed by atoms with van der Waals surface area (Å²) in [7, 11) is 0. The highest BCUT2D eigenvalue weighted by Crippen LogP contribution is 2.30. The van der Waals surface area contributed by atoms with Crippen molar-refractivity contribution in [2.45, 2.75) is 19.4 Å². The Balaban J connectivity index is 2.15. The van der Waals surface area contributed by atoms with Gasteiger partial charge in [-0.15, -0.1) is 0 Å². The summed E-state index contributed by atoms with van der Waals surface area (Å²) in [5.74, 6) is 0.426. The van der Waals surface area contributed by atoms with Gasteiger partial charge in [-0.1, -0.05) is 6.92 Å². The van der Waals surface area contributed by atoms with E-state index in [1.807, 2.05) is 0 Å². The Morgan fingerprint density at radius 3 is 2.74 bits per heavy atom. The molecule has 6 nitrogen and oxygen atoms in total. The van der Waals surface area contributed by atoms with Crippen molar-refractivity contribution in [3.8, 4) is 0 Å². The number of hydrogen-bond acceptors (Lipinski definition) is 5. The Hall–Kier alpha value is -2.11.